The quantitative estimate of drug-likeness (QED) is 0.666. The Morgan fingerprint density at radius 3 is 2.92 bits per heavy atom. The van der Waals surface area contributed by atoms with Gasteiger partial charge in [0.25, 0.3) is 0 Å². The number of nitrogens with one attached hydrogen (secondary N) is 1. The van der Waals surface area contributed by atoms with Crippen molar-refractivity contribution in [3.63, 3.8) is 0 Å². The molecule has 0 saturated carbocycles. The minimum Gasteiger partial charge on any atom is -0.379 e. The summed E-state index contributed by atoms with van der Waals surface area (Å²) in [4.78, 5) is 0. The molecule has 0 aliphatic carbocycles. The summed E-state index contributed by atoms with van der Waals surface area (Å²) < 4.78 is 5.28. The number of hydrogen-bond acceptors (Lipinski definition) is 3. The summed E-state index contributed by atoms with van der Waals surface area (Å²) in [6, 6.07) is 0. The largest absolute Gasteiger partial charge is 0.379 e. The third kappa shape index (κ3) is 3.63. The van der Waals surface area contributed by atoms with Crippen molar-refractivity contribution in [2.45, 2.75) is 32.2 Å². The molecule has 2 unspecified atom stereocenters. The lowest BCUT2D eigenvalue weighted by atomic mass is 10.00. The average Bonchev–Trinajstić information content (AvgIpc) is 2.52. The molecule has 3 N–H and O–H groups in total. The van der Waals surface area contributed by atoms with Crippen molar-refractivity contribution in [3.05, 3.63) is 0 Å². The lowest BCUT2D eigenvalue weighted by Gasteiger charge is -2.23. The molecule has 1 aliphatic rings. The van der Waals surface area contributed by atoms with Gasteiger partial charge in [-0.25, -0.2) is 0 Å². The lowest BCUT2D eigenvalue weighted by Crippen LogP contribution is -2.50. The van der Waals surface area contributed by atoms with Crippen LogP contribution in [0, 0.1) is 5.92 Å². The standard InChI is InChI=1S/C10H22N2O/c1-3-9(2)6-12-7-10(11)4-5-13-8-10/h9,12H,3-8,11H2,1-2H3. The molecule has 1 rings (SSSR count). The number of hydrogen-bond donors (Lipinski definition) is 2. The van der Waals surface area contributed by atoms with Gasteiger partial charge in [0.15, 0.2) is 0 Å². The van der Waals surface area contributed by atoms with Crippen molar-refractivity contribution < 1.29 is 4.74 Å². The second-order valence-electron chi connectivity index (χ2n) is 4.31. The maximum atomic E-state index is 6.10. The molecule has 0 radical (unpaired) electrons. The fraction of sp³-hybridized carbons (Fsp3) is 1.00. The maximum absolute atomic E-state index is 6.10. The van der Waals surface area contributed by atoms with Gasteiger partial charge >= 0.3 is 0 Å². The first-order valence-corrected chi connectivity index (χ1v) is 5.23. The fourth-order valence-corrected chi connectivity index (χ4v) is 1.47. The van der Waals surface area contributed by atoms with E-state index in [9.17, 15) is 0 Å². The molecule has 0 aromatic heterocycles. The van der Waals surface area contributed by atoms with E-state index in [0.29, 0.717) is 6.61 Å². The number of rotatable bonds is 5. The van der Waals surface area contributed by atoms with E-state index in [2.05, 4.69) is 19.2 Å². The summed E-state index contributed by atoms with van der Waals surface area (Å²) in [7, 11) is 0. The Hall–Kier alpha value is -0.120. The molecule has 2 atom stereocenters. The molecular formula is C10H22N2O. The van der Waals surface area contributed by atoms with Gasteiger partial charge in [0, 0.05) is 13.2 Å². The van der Waals surface area contributed by atoms with E-state index in [4.69, 9.17) is 10.5 Å². The van der Waals surface area contributed by atoms with Crippen molar-refractivity contribution in [1.82, 2.24) is 5.32 Å². The lowest BCUT2D eigenvalue weighted by molar-refractivity contribution is 0.177. The van der Waals surface area contributed by atoms with Gasteiger partial charge in [0.05, 0.1) is 12.1 Å². The first kappa shape index (κ1) is 11.0. The van der Waals surface area contributed by atoms with Crippen LogP contribution in [0.15, 0.2) is 0 Å². The summed E-state index contributed by atoms with van der Waals surface area (Å²) in [5.41, 5.74) is 6.00. The van der Waals surface area contributed by atoms with Crippen molar-refractivity contribution >= 4 is 0 Å². The molecule has 0 spiro atoms. The summed E-state index contributed by atoms with van der Waals surface area (Å²) in [5.74, 6) is 0.742. The minimum absolute atomic E-state index is 0.104. The first-order valence-electron chi connectivity index (χ1n) is 5.23. The second kappa shape index (κ2) is 4.94. The first-order chi connectivity index (χ1) is 6.16. The van der Waals surface area contributed by atoms with Crippen molar-refractivity contribution in [2.24, 2.45) is 11.7 Å². The number of nitrogens with two attached hydrogens (primary N) is 1. The summed E-state index contributed by atoms with van der Waals surface area (Å²) in [5, 5.41) is 3.41. The second-order valence-corrected chi connectivity index (χ2v) is 4.31. The highest BCUT2D eigenvalue weighted by Crippen LogP contribution is 2.14. The Balaban J connectivity index is 2.11. The molecule has 78 valence electrons. The molecule has 0 aromatic rings. The average molecular weight is 186 g/mol. The zero-order valence-corrected chi connectivity index (χ0v) is 8.81. The van der Waals surface area contributed by atoms with Gasteiger partial charge in [-0.15, -0.1) is 0 Å². The van der Waals surface area contributed by atoms with Gasteiger partial charge in [-0.05, 0) is 18.9 Å². The van der Waals surface area contributed by atoms with E-state index in [1.807, 2.05) is 0 Å². The van der Waals surface area contributed by atoms with Crippen LogP contribution >= 0.6 is 0 Å². The molecule has 3 nitrogen and oxygen atoms in total. The molecule has 1 fully saturated rings. The summed E-state index contributed by atoms with van der Waals surface area (Å²) in [6.07, 6.45) is 2.21. The molecule has 0 amide bonds. The zero-order valence-electron chi connectivity index (χ0n) is 8.81. The molecular weight excluding hydrogens is 164 g/mol. The minimum atomic E-state index is -0.104. The Labute approximate surface area is 81.0 Å². The van der Waals surface area contributed by atoms with E-state index in [-0.39, 0.29) is 5.54 Å². The normalized spacial score (nSPS) is 30.7. The molecule has 0 aromatic carbocycles. The van der Waals surface area contributed by atoms with Crippen LogP contribution in [0.2, 0.25) is 0 Å². The molecule has 13 heavy (non-hydrogen) atoms. The van der Waals surface area contributed by atoms with Gasteiger partial charge in [-0.3, -0.25) is 0 Å². The predicted molar refractivity (Wildman–Crippen MR) is 54.7 cm³/mol. The monoisotopic (exact) mass is 186 g/mol. The van der Waals surface area contributed by atoms with Crippen LogP contribution < -0.4 is 11.1 Å². The third-order valence-electron chi connectivity index (χ3n) is 2.80. The Morgan fingerprint density at radius 2 is 2.38 bits per heavy atom. The van der Waals surface area contributed by atoms with E-state index >= 15 is 0 Å². The highest BCUT2D eigenvalue weighted by molar-refractivity contribution is 4.90. The smallest absolute Gasteiger partial charge is 0.0659 e. The maximum Gasteiger partial charge on any atom is 0.0659 e. The molecule has 3 heteroatoms. The van der Waals surface area contributed by atoms with Crippen LogP contribution in [0.3, 0.4) is 0 Å². The highest BCUT2D eigenvalue weighted by Gasteiger charge is 2.29. The van der Waals surface area contributed by atoms with Crippen LogP contribution in [-0.2, 0) is 4.74 Å². The van der Waals surface area contributed by atoms with Crippen LogP contribution in [0.1, 0.15) is 26.7 Å². The van der Waals surface area contributed by atoms with Gasteiger partial charge in [0.2, 0.25) is 0 Å². The highest BCUT2D eigenvalue weighted by atomic mass is 16.5. The van der Waals surface area contributed by atoms with E-state index in [1.165, 1.54) is 6.42 Å². The Bertz CT molecular complexity index is 144. The van der Waals surface area contributed by atoms with Crippen molar-refractivity contribution in [2.75, 3.05) is 26.3 Å². The van der Waals surface area contributed by atoms with Crippen LogP contribution in [0.5, 0.6) is 0 Å². The molecule has 1 heterocycles. The number of ether oxygens (including phenoxy) is 1. The predicted octanol–water partition coefficient (Wildman–Crippen LogP) is 0.740. The topological polar surface area (TPSA) is 47.3 Å². The van der Waals surface area contributed by atoms with Gasteiger partial charge in [-0.1, -0.05) is 20.3 Å². The van der Waals surface area contributed by atoms with Crippen LogP contribution in [0.25, 0.3) is 0 Å². The van der Waals surface area contributed by atoms with Gasteiger partial charge in [0.1, 0.15) is 0 Å². The van der Waals surface area contributed by atoms with Crippen LogP contribution in [0.4, 0.5) is 0 Å². The van der Waals surface area contributed by atoms with Crippen molar-refractivity contribution in [1.29, 1.82) is 0 Å². The van der Waals surface area contributed by atoms with E-state index in [1.54, 1.807) is 0 Å². The van der Waals surface area contributed by atoms with E-state index < -0.39 is 0 Å². The fourth-order valence-electron chi connectivity index (χ4n) is 1.47. The SMILES string of the molecule is CCC(C)CNCC1(N)CCOC1. The molecule has 1 saturated heterocycles. The zero-order chi connectivity index (χ0) is 9.73. The summed E-state index contributed by atoms with van der Waals surface area (Å²) >= 11 is 0. The Morgan fingerprint density at radius 1 is 1.62 bits per heavy atom. The van der Waals surface area contributed by atoms with E-state index in [0.717, 1.165) is 32.0 Å². The summed E-state index contributed by atoms with van der Waals surface area (Å²) in [6.45, 7) is 7.94. The molecule has 0 bridgehead atoms. The van der Waals surface area contributed by atoms with Gasteiger partial charge in [-0.2, -0.15) is 0 Å². The Kier molecular flexibility index (Phi) is 4.16. The van der Waals surface area contributed by atoms with Gasteiger partial charge < -0.3 is 15.8 Å². The van der Waals surface area contributed by atoms with Crippen LogP contribution in [-0.4, -0.2) is 31.8 Å². The molecule has 1 aliphatic heterocycles. The third-order valence-corrected chi connectivity index (χ3v) is 2.80. The van der Waals surface area contributed by atoms with Crippen molar-refractivity contribution in [3.8, 4) is 0 Å².